The number of hydrogen-bond donors (Lipinski definition) is 2. The van der Waals surface area contributed by atoms with Gasteiger partial charge in [0, 0.05) is 24.8 Å². The van der Waals surface area contributed by atoms with E-state index in [1.54, 1.807) is 25.1 Å². The van der Waals surface area contributed by atoms with E-state index in [0.29, 0.717) is 42.9 Å². The molecule has 1 aliphatic heterocycles. The number of aliphatic hydroxyl groups excluding tert-OH is 1. The molecule has 2 heterocycles. The summed E-state index contributed by atoms with van der Waals surface area (Å²) in [4.78, 5) is 14.2. The molecule has 0 spiro atoms. The van der Waals surface area contributed by atoms with Gasteiger partial charge in [0.2, 0.25) is 0 Å². The van der Waals surface area contributed by atoms with Gasteiger partial charge in [0.25, 0.3) is 5.91 Å². The summed E-state index contributed by atoms with van der Waals surface area (Å²) in [5.41, 5.74) is 2.03. The second-order valence-corrected chi connectivity index (χ2v) is 5.84. The minimum Gasteiger partial charge on any atom is -0.393 e. The Morgan fingerprint density at radius 2 is 2.17 bits per heavy atom. The van der Waals surface area contributed by atoms with E-state index < -0.39 is 0 Å². The van der Waals surface area contributed by atoms with Crippen molar-refractivity contribution in [3.8, 4) is 6.07 Å². The number of anilines is 2. The Morgan fingerprint density at radius 3 is 2.79 bits per heavy atom. The zero-order valence-electron chi connectivity index (χ0n) is 13.3. The summed E-state index contributed by atoms with van der Waals surface area (Å²) in [6.07, 6.45) is 1.11. The second-order valence-electron chi connectivity index (χ2n) is 5.84. The van der Waals surface area contributed by atoms with Crippen LogP contribution in [-0.2, 0) is 0 Å². The molecule has 0 atom stereocenters. The van der Waals surface area contributed by atoms with Crippen LogP contribution in [0.5, 0.6) is 0 Å². The summed E-state index contributed by atoms with van der Waals surface area (Å²) in [6.45, 7) is 3.13. The molecule has 1 aromatic carbocycles. The molecule has 7 heteroatoms. The summed E-state index contributed by atoms with van der Waals surface area (Å²) >= 11 is 0. The molecule has 24 heavy (non-hydrogen) atoms. The maximum absolute atomic E-state index is 12.1. The maximum Gasteiger partial charge on any atom is 0.277 e. The number of aryl methyl sites for hydroxylation is 1. The molecule has 124 valence electrons. The van der Waals surface area contributed by atoms with Gasteiger partial charge in [-0.3, -0.25) is 4.79 Å². The van der Waals surface area contributed by atoms with E-state index in [1.165, 1.54) is 0 Å². The SMILES string of the molecule is Cc1cc(C(=O)Nc2ccc(N3CCC(O)CC3)c(C#N)c2)no1. The van der Waals surface area contributed by atoms with Crippen LogP contribution in [0.1, 0.15) is 34.7 Å². The standard InChI is InChI=1S/C17H18N4O3/c1-11-8-15(20-24-11)17(23)19-13-2-3-16(12(9-13)10-18)21-6-4-14(22)5-7-21/h2-3,8-9,14,22H,4-7H2,1H3,(H,19,23). The molecule has 2 aromatic rings. The van der Waals surface area contributed by atoms with Gasteiger partial charge in [0.05, 0.1) is 17.4 Å². The molecule has 1 fully saturated rings. The van der Waals surface area contributed by atoms with Crippen LogP contribution >= 0.6 is 0 Å². The predicted octanol–water partition coefficient (Wildman–Crippen LogP) is 2.07. The Kier molecular flexibility index (Phi) is 4.49. The van der Waals surface area contributed by atoms with Gasteiger partial charge in [0.1, 0.15) is 11.8 Å². The van der Waals surface area contributed by atoms with Crippen molar-refractivity contribution in [3.05, 3.63) is 41.3 Å². The van der Waals surface area contributed by atoms with Gasteiger partial charge in [-0.05, 0) is 38.0 Å². The van der Waals surface area contributed by atoms with Crippen LogP contribution in [0.4, 0.5) is 11.4 Å². The molecule has 7 nitrogen and oxygen atoms in total. The third-order valence-electron chi connectivity index (χ3n) is 4.04. The van der Waals surface area contributed by atoms with Gasteiger partial charge < -0.3 is 19.8 Å². The average molecular weight is 326 g/mol. The van der Waals surface area contributed by atoms with Crippen LogP contribution in [-0.4, -0.2) is 35.4 Å². The first-order valence-corrected chi connectivity index (χ1v) is 7.78. The molecule has 0 saturated carbocycles. The molecule has 1 amide bonds. The zero-order chi connectivity index (χ0) is 17.1. The first kappa shape index (κ1) is 16.0. The highest BCUT2D eigenvalue weighted by molar-refractivity contribution is 6.03. The fourth-order valence-corrected chi connectivity index (χ4v) is 2.75. The van der Waals surface area contributed by atoms with E-state index in [9.17, 15) is 15.2 Å². The van der Waals surface area contributed by atoms with E-state index >= 15 is 0 Å². The smallest absolute Gasteiger partial charge is 0.277 e. The molecule has 2 N–H and O–H groups in total. The Labute approximate surface area is 139 Å². The summed E-state index contributed by atoms with van der Waals surface area (Å²) < 4.78 is 4.89. The normalized spacial score (nSPS) is 15.1. The van der Waals surface area contributed by atoms with E-state index in [2.05, 4.69) is 21.4 Å². The number of hydrogen-bond acceptors (Lipinski definition) is 6. The van der Waals surface area contributed by atoms with Crippen LogP contribution in [0.3, 0.4) is 0 Å². The number of amides is 1. The summed E-state index contributed by atoms with van der Waals surface area (Å²) in [7, 11) is 0. The predicted molar refractivity (Wildman–Crippen MR) is 87.8 cm³/mol. The monoisotopic (exact) mass is 326 g/mol. The molecular weight excluding hydrogens is 308 g/mol. The van der Waals surface area contributed by atoms with Crippen molar-refractivity contribution in [2.45, 2.75) is 25.9 Å². The fraction of sp³-hybridized carbons (Fsp3) is 0.353. The van der Waals surface area contributed by atoms with E-state index in [4.69, 9.17) is 4.52 Å². The van der Waals surface area contributed by atoms with E-state index in [1.807, 2.05) is 6.07 Å². The quantitative estimate of drug-likeness (QED) is 0.895. The first-order chi connectivity index (χ1) is 11.6. The molecule has 0 radical (unpaired) electrons. The summed E-state index contributed by atoms with van der Waals surface area (Å²) in [5, 5.41) is 25.4. The average Bonchev–Trinajstić information content (AvgIpc) is 3.02. The third kappa shape index (κ3) is 3.39. The highest BCUT2D eigenvalue weighted by Crippen LogP contribution is 2.27. The molecule has 0 unspecified atom stereocenters. The van der Waals surface area contributed by atoms with Crippen molar-refractivity contribution in [2.24, 2.45) is 0 Å². The van der Waals surface area contributed by atoms with Crippen molar-refractivity contribution in [1.29, 1.82) is 5.26 Å². The number of benzene rings is 1. The molecule has 1 saturated heterocycles. The lowest BCUT2D eigenvalue weighted by Crippen LogP contribution is -2.36. The Morgan fingerprint density at radius 1 is 1.42 bits per heavy atom. The van der Waals surface area contributed by atoms with Gasteiger partial charge in [-0.25, -0.2) is 0 Å². The fourth-order valence-electron chi connectivity index (χ4n) is 2.75. The lowest BCUT2D eigenvalue weighted by atomic mass is 10.0. The molecule has 3 rings (SSSR count). The van der Waals surface area contributed by atoms with Gasteiger partial charge in [-0.2, -0.15) is 5.26 Å². The van der Waals surface area contributed by atoms with Gasteiger partial charge in [-0.15, -0.1) is 0 Å². The van der Waals surface area contributed by atoms with Crippen molar-refractivity contribution < 1.29 is 14.4 Å². The number of carbonyl (C=O) groups is 1. The third-order valence-corrected chi connectivity index (χ3v) is 4.04. The number of aliphatic hydroxyl groups is 1. The van der Waals surface area contributed by atoms with Gasteiger partial charge in [0.15, 0.2) is 5.69 Å². The van der Waals surface area contributed by atoms with Crippen molar-refractivity contribution in [3.63, 3.8) is 0 Å². The Bertz CT molecular complexity index is 785. The molecule has 1 aliphatic rings. The number of nitrogens with zero attached hydrogens (tertiary/aromatic N) is 3. The molecular formula is C17H18N4O3. The van der Waals surface area contributed by atoms with Crippen LogP contribution in [0, 0.1) is 18.3 Å². The van der Waals surface area contributed by atoms with Crippen molar-refractivity contribution in [2.75, 3.05) is 23.3 Å². The van der Waals surface area contributed by atoms with Crippen molar-refractivity contribution in [1.82, 2.24) is 5.16 Å². The van der Waals surface area contributed by atoms with Gasteiger partial charge in [-0.1, -0.05) is 5.16 Å². The molecule has 0 aliphatic carbocycles. The second kappa shape index (κ2) is 6.72. The lowest BCUT2D eigenvalue weighted by molar-refractivity contribution is 0.101. The lowest BCUT2D eigenvalue weighted by Gasteiger charge is -2.32. The van der Waals surface area contributed by atoms with Crippen LogP contribution in [0.15, 0.2) is 28.8 Å². The molecule has 1 aromatic heterocycles. The number of nitriles is 1. The number of rotatable bonds is 3. The topological polar surface area (TPSA) is 102 Å². The first-order valence-electron chi connectivity index (χ1n) is 7.78. The summed E-state index contributed by atoms with van der Waals surface area (Å²) in [6, 6.07) is 8.94. The zero-order valence-corrected chi connectivity index (χ0v) is 13.3. The Hall–Kier alpha value is -2.85. The maximum atomic E-state index is 12.1. The van der Waals surface area contributed by atoms with Crippen molar-refractivity contribution >= 4 is 17.3 Å². The Balaban J connectivity index is 1.77. The van der Waals surface area contributed by atoms with Crippen LogP contribution in [0.2, 0.25) is 0 Å². The minimum absolute atomic E-state index is 0.195. The van der Waals surface area contributed by atoms with Crippen LogP contribution < -0.4 is 10.2 Å². The highest BCUT2D eigenvalue weighted by Gasteiger charge is 2.20. The number of aromatic nitrogens is 1. The van der Waals surface area contributed by atoms with Crippen LogP contribution in [0.25, 0.3) is 0 Å². The highest BCUT2D eigenvalue weighted by atomic mass is 16.5. The molecule has 0 bridgehead atoms. The summed E-state index contributed by atoms with van der Waals surface area (Å²) in [5.74, 6) is 0.171. The van der Waals surface area contributed by atoms with E-state index in [0.717, 1.165) is 5.69 Å². The van der Waals surface area contributed by atoms with E-state index in [-0.39, 0.29) is 17.7 Å². The minimum atomic E-state index is -0.385. The van der Waals surface area contributed by atoms with Gasteiger partial charge >= 0.3 is 0 Å². The largest absolute Gasteiger partial charge is 0.393 e. The number of piperidine rings is 1. The number of carbonyl (C=O) groups excluding carboxylic acids is 1. The number of nitrogens with one attached hydrogen (secondary N) is 1.